The van der Waals surface area contributed by atoms with Crippen molar-refractivity contribution in [3.05, 3.63) is 165 Å². The van der Waals surface area contributed by atoms with Crippen molar-refractivity contribution in [1.29, 1.82) is 5.41 Å². The van der Waals surface area contributed by atoms with Crippen LogP contribution >= 0.6 is 0 Å². The van der Waals surface area contributed by atoms with E-state index in [4.69, 9.17) is 4.74 Å². The van der Waals surface area contributed by atoms with Crippen LogP contribution in [0.3, 0.4) is 0 Å². The number of fused-ring (bicyclic) bond motifs is 2. The minimum Gasteiger partial charge on any atom is -0.438 e. The van der Waals surface area contributed by atoms with E-state index in [0.29, 0.717) is 22.8 Å². The van der Waals surface area contributed by atoms with E-state index >= 15 is 8.78 Å². The maximum Gasteiger partial charge on any atom is 0.269 e. The number of nitrogens with zero attached hydrogens (tertiary/aromatic N) is 3. The third-order valence-electron chi connectivity index (χ3n) is 7.88. The Hall–Kier alpha value is -6.10. The molecule has 0 saturated carbocycles. The van der Waals surface area contributed by atoms with E-state index in [1.54, 1.807) is 42.5 Å². The Labute approximate surface area is 258 Å². The van der Waals surface area contributed by atoms with Crippen molar-refractivity contribution in [2.45, 2.75) is 5.92 Å². The zero-order valence-electron chi connectivity index (χ0n) is 23.5. The van der Waals surface area contributed by atoms with Gasteiger partial charge < -0.3 is 4.74 Å². The van der Waals surface area contributed by atoms with E-state index in [9.17, 15) is 24.3 Å². The number of rotatable bonds is 5. The highest BCUT2D eigenvalue weighted by Crippen LogP contribution is 2.51. The first-order valence-corrected chi connectivity index (χ1v) is 13.9. The molecular formula is C35H20F4N4O3. The standard InChI is InChI=1S/C35H20F4N4O3/c36-21-12-13-29(28(39)17-21)42-18-41-35-33(34(42)40)31(19-6-5-7-22(14-19)43(44)45)32-25(24-9-2-4-11-27(24)38)15-20(16-30(32)46-35)23-8-1-3-10-26(23)37/h1-18,31,40H. The maximum atomic E-state index is 15.6. The second-order valence-electron chi connectivity index (χ2n) is 10.6. The number of nitro groups is 1. The van der Waals surface area contributed by atoms with Crippen LogP contribution in [0.1, 0.15) is 22.6 Å². The van der Waals surface area contributed by atoms with Crippen molar-refractivity contribution in [3.8, 4) is 39.6 Å². The summed E-state index contributed by atoms with van der Waals surface area (Å²) in [7, 11) is 0. The lowest BCUT2D eigenvalue weighted by Crippen LogP contribution is -2.29. The third-order valence-corrected chi connectivity index (χ3v) is 7.88. The molecule has 0 amide bonds. The molecule has 0 aliphatic carbocycles. The first-order chi connectivity index (χ1) is 22.2. The molecule has 0 fully saturated rings. The van der Waals surface area contributed by atoms with Crippen molar-refractivity contribution in [2.75, 3.05) is 0 Å². The van der Waals surface area contributed by atoms with Gasteiger partial charge in [-0.25, -0.2) is 22.5 Å². The van der Waals surface area contributed by atoms with Crippen molar-refractivity contribution in [2.24, 2.45) is 0 Å². The number of aromatic nitrogens is 2. The van der Waals surface area contributed by atoms with Crippen LogP contribution < -0.4 is 10.2 Å². The summed E-state index contributed by atoms with van der Waals surface area (Å²) >= 11 is 0. The molecule has 7 rings (SSSR count). The van der Waals surface area contributed by atoms with Gasteiger partial charge in [0, 0.05) is 40.8 Å². The average molecular weight is 621 g/mol. The van der Waals surface area contributed by atoms with E-state index in [2.05, 4.69) is 4.98 Å². The van der Waals surface area contributed by atoms with E-state index in [1.807, 2.05) is 0 Å². The van der Waals surface area contributed by atoms with Gasteiger partial charge in [-0.3, -0.25) is 20.1 Å². The van der Waals surface area contributed by atoms with Crippen LogP contribution in [0.4, 0.5) is 23.2 Å². The van der Waals surface area contributed by atoms with E-state index in [0.717, 1.165) is 23.0 Å². The molecule has 1 aliphatic rings. The van der Waals surface area contributed by atoms with E-state index in [-0.39, 0.29) is 50.7 Å². The third kappa shape index (κ3) is 4.78. The molecule has 226 valence electrons. The van der Waals surface area contributed by atoms with Crippen LogP contribution in [0.15, 0.2) is 109 Å². The molecule has 2 heterocycles. The normalized spacial score (nSPS) is 13.4. The van der Waals surface area contributed by atoms with Gasteiger partial charge in [0.1, 0.15) is 40.8 Å². The maximum absolute atomic E-state index is 15.6. The van der Waals surface area contributed by atoms with Gasteiger partial charge in [0.05, 0.1) is 16.2 Å². The zero-order valence-corrected chi connectivity index (χ0v) is 23.5. The molecule has 46 heavy (non-hydrogen) atoms. The summed E-state index contributed by atoms with van der Waals surface area (Å²) in [6, 6.07) is 23.8. The van der Waals surface area contributed by atoms with Crippen LogP contribution in [-0.4, -0.2) is 14.5 Å². The smallest absolute Gasteiger partial charge is 0.269 e. The molecule has 0 bridgehead atoms. The number of benzene rings is 5. The molecule has 0 spiro atoms. The minimum absolute atomic E-state index is 0.0713. The van der Waals surface area contributed by atoms with Crippen molar-refractivity contribution in [3.63, 3.8) is 0 Å². The molecule has 7 nitrogen and oxygen atoms in total. The Kier molecular flexibility index (Phi) is 6.93. The Bertz CT molecular complexity index is 2270. The fourth-order valence-electron chi connectivity index (χ4n) is 5.83. The summed E-state index contributed by atoms with van der Waals surface area (Å²) in [5.41, 5.74) is 1.02. The van der Waals surface area contributed by atoms with Crippen molar-refractivity contribution in [1.82, 2.24) is 9.55 Å². The van der Waals surface area contributed by atoms with E-state index in [1.165, 1.54) is 42.5 Å². The molecule has 1 aromatic heterocycles. The van der Waals surface area contributed by atoms with Gasteiger partial charge >= 0.3 is 0 Å². The fourth-order valence-corrected chi connectivity index (χ4v) is 5.83. The van der Waals surface area contributed by atoms with Crippen LogP contribution in [0.5, 0.6) is 11.6 Å². The van der Waals surface area contributed by atoms with Crippen LogP contribution in [-0.2, 0) is 0 Å². The summed E-state index contributed by atoms with van der Waals surface area (Å²) in [6.07, 6.45) is 1.14. The average Bonchev–Trinajstić information content (AvgIpc) is 3.04. The monoisotopic (exact) mass is 620 g/mol. The quantitative estimate of drug-likeness (QED) is 0.119. The van der Waals surface area contributed by atoms with Gasteiger partial charge in [-0.1, -0.05) is 48.5 Å². The number of hydrogen-bond donors (Lipinski definition) is 1. The first kappa shape index (κ1) is 28.7. The largest absolute Gasteiger partial charge is 0.438 e. The highest BCUT2D eigenvalue weighted by molar-refractivity contribution is 5.82. The SMILES string of the molecule is N=c1c2c(ncn1-c1ccc(F)cc1F)Oc1cc(-c3ccccc3F)cc(-c3ccccc3F)c1C2c1cccc([N+](=O)[O-])c1. The minimum atomic E-state index is -1.03. The first-order valence-electron chi connectivity index (χ1n) is 13.9. The number of non-ortho nitro benzene ring substituents is 1. The van der Waals surface area contributed by atoms with Crippen LogP contribution in [0, 0.1) is 38.8 Å². The van der Waals surface area contributed by atoms with Crippen LogP contribution in [0.2, 0.25) is 0 Å². The van der Waals surface area contributed by atoms with E-state index < -0.39 is 34.1 Å². The number of ether oxygens (including phenoxy) is 1. The number of nitro benzene ring substituents is 1. The molecule has 5 aromatic carbocycles. The lowest BCUT2D eigenvalue weighted by molar-refractivity contribution is -0.384. The molecular weight excluding hydrogens is 600 g/mol. The van der Waals surface area contributed by atoms with Gasteiger partial charge in [0.2, 0.25) is 5.88 Å². The van der Waals surface area contributed by atoms with Gasteiger partial charge in [-0.2, -0.15) is 0 Å². The van der Waals surface area contributed by atoms with Crippen molar-refractivity contribution < 1.29 is 27.2 Å². The topological polar surface area (TPSA) is 94.0 Å². The Morgan fingerprint density at radius 2 is 1.48 bits per heavy atom. The van der Waals surface area contributed by atoms with Crippen molar-refractivity contribution >= 4 is 5.69 Å². The summed E-state index contributed by atoms with van der Waals surface area (Å²) in [4.78, 5) is 15.6. The summed E-state index contributed by atoms with van der Waals surface area (Å²) in [5.74, 6) is -3.84. The Balaban J connectivity index is 1.58. The lowest BCUT2D eigenvalue weighted by atomic mass is 9.78. The summed E-state index contributed by atoms with van der Waals surface area (Å²) in [5, 5.41) is 21.1. The molecule has 1 unspecified atom stereocenters. The number of nitrogens with one attached hydrogen (secondary N) is 1. The predicted octanol–water partition coefficient (Wildman–Crippen LogP) is 8.44. The highest BCUT2D eigenvalue weighted by atomic mass is 19.1. The molecule has 0 saturated heterocycles. The molecule has 6 aromatic rings. The second kappa shape index (κ2) is 11.1. The molecule has 11 heteroatoms. The predicted molar refractivity (Wildman–Crippen MR) is 161 cm³/mol. The molecule has 1 N–H and O–H groups in total. The summed E-state index contributed by atoms with van der Waals surface area (Å²) in [6.45, 7) is 0. The second-order valence-corrected chi connectivity index (χ2v) is 10.6. The number of hydrogen-bond acceptors (Lipinski definition) is 5. The number of halogens is 4. The fraction of sp³-hybridized carbons (Fsp3) is 0.0286. The van der Waals surface area contributed by atoms with Gasteiger partial charge in [0.25, 0.3) is 5.69 Å². The Morgan fingerprint density at radius 3 is 2.17 bits per heavy atom. The summed E-state index contributed by atoms with van der Waals surface area (Å²) < 4.78 is 66.7. The van der Waals surface area contributed by atoms with Crippen LogP contribution in [0.25, 0.3) is 27.9 Å². The van der Waals surface area contributed by atoms with Gasteiger partial charge in [0.15, 0.2) is 0 Å². The Morgan fingerprint density at radius 1 is 0.761 bits per heavy atom. The lowest BCUT2D eigenvalue weighted by Gasteiger charge is -2.31. The zero-order chi connectivity index (χ0) is 32.1. The highest BCUT2D eigenvalue weighted by Gasteiger charge is 2.36. The molecule has 1 atom stereocenters. The molecule has 1 aliphatic heterocycles. The van der Waals surface area contributed by atoms with Gasteiger partial charge in [-0.05, 0) is 53.1 Å². The molecule has 0 radical (unpaired) electrons. The van der Waals surface area contributed by atoms with Gasteiger partial charge in [-0.15, -0.1) is 0 Å².